The quantitative estimate of drug-likeness (QED) is 0.870. The number of benzene rings is 2. The molecule has 0 aromatic heterocycles. The first-order valence-electron chi connectivity index (χ1n) is 6.58. The van der Waals surface area contributed by atoms with Crippen LogP contribution in [0.25, 0.3) is 0 Å². The van der Waals surface area contributed by atoms with Gasteiger partial charge in [0.15, 0.2) is 11.5 Å². The molecule has 21 heavy (non-hydrogen) atoms. The van der Waals surface area contributed by atoms with Crippen LogP contribution in [0, 0.1) is 0 Å². The van der Waals surface area contributed by atoms with Crippen molar-refractivity contribution in [1.29, 1.82) is 0 Å². The molecule has 0 saturated carbocycles. The second-order valence-corrected chi connectivity index (χ2v) is 5.31. The zero-order valence-corrected chi connectivity index (χ0v) is 13.2. The summed E-state index contributed by atoms with van der Waals surface area (Å²) in [6, 6.07) is 11.3. The SMILES string of the molecule is COc1cc(CCN)ccc1OCc1cccc(Cl)c1Cl. The van der Waals surface area contributed by atoms with E-state index < -0.39 is 0 Å². The topological polar surface area (TPSA) is 44.5 Å². The van der Waals surface area contributed by atoms with Gasteiger partial charge in [0, 0.05) is 5.56 Å². The Morgan fingerprint density at radius 2 is 1.90 bits per heavy atom. The summed E-state index contributed by atoms with van der Waals surface area (Å²) in [4.78, 5) is 0. The van der Waals surface area contributed by atoms with E-state index in [1.807, 2.05) is 30.3 Å². The van der Waals surface area contributed by atoms with Gasteiger partial charge in [-0.15, -0.1) is 0 Å². The molecule has 0 saturated heterocycles. The fourth-order valence-corrected chi connectivity index (χ4v) is 2.34. The number of rotatable bonds is 6. The van der Waals surface area contributed by atoms with Crippen molar-refractivity contribution >= 4 is 23.2 Å². The maximum atomic E-state index is 6.14. The fourth-order valence-electron chi connectivity index (χ4n) is 1.97. The average molecular weight is 326 g/mol. The normalized spacial score (nSPS) is 10.5. The van der Waals surface area contributed by atoms with Gasteiger partial charge in [0.05, 0.1) is 17.2 Å². The molecule has 2 aromatic rings. The van der Waals surface area contributed by atoms with E-state index >= 15 is 0 Å². The highest BCUT2D eigenvalue weighted by molar-refractivity contribution is 6.42. The van der Waals surface area contributed by atoms with Crippen molar-refractivity contribution in [3.05, 3.63) is 57.6 Å². The van der Waals surface area contributed by atoms with Crippen LogP contribution in [-0.2, 0) is 13.0 Å². The molecule has 2 aromatic carbocycles. The Kier molecular flexibility index (Phi) is 5.74. The lowest BCUT2D eigenvalue weighted by molar-refractivity contribution is 0.284. The second-order valence-electron chi connectivity index (χ2n) is 4.53. The van der Waals surface area contributed by atoms with Crippen LogP contribution >= 0.6 is 23.2 Å². The number of nitrogens with two attached hydrogens (primary N) is 1. The van der Waals surface area contributed by atoms with Gasteiger partial charge < -0.3 is 15.2 Å². The van der Waals surface area contributed by atoms with Gasteiger partial charge in [0.1, 0.15) is 6.61 Å². The molecule has 0 aliphatic carbocycles. The van der Waals surface area contributed by atoms with Gasteiger partial charge in [-0.05, 0) is 36.7 Å². The maximum absolute atomic E-state index is 6.14. The van der Waals surface area contributed by atoms with Gasteiger partial charge in [0.2, 0.25) is 0 Å². The maximum Gasteiger partial charge on any atom is 0.161 e. The Labute approximate surface area is 134 Å². The summed E-state index contributed by atoms with van der Waals surface area (Å²) in [5.41, 5.74) is 7.50. The summed E-state index contributed by atoms with van der Waals surface area (Å²) < 4.78 is 11.1. The molecule has 2 N–H and O–H groups in total. The van der Waals surface area contributed by atoms with Crippen LogP contribution in [0.5, 0.6) is 11.5 Å². The number of halogens is 2. The molecule has 0 fully saturated rings. The van der Waals surface area contributed by atoms with Gasteiger partial charge >= 0.3 is 0 Å². The van der Waals surface area contributed by atoms with Gasteiger partial charge in [-0.1, -0.05) is 41.4 Å². The van der Waals surface area contributed by atoms with Crippen molar-refractivity contribution in [2.75, 3.05) is 13.7 Å². The minimum atomic E-state index is 0.325. The number of methoxy groups -OCH3 is 1. The number of hydrogen-bond donors (Lipinski definition) is 1. The van der Waals surface area contributed by atoms with Crippen LogP contribution in [0.1, 0.15) is 11.1 Å². The Morgan fingerprint density at radius 1 is 1.10 bits per heavy atom. The molecule has 0 aliphatic heterocycles. The molecule has 0 unspecified atom stereocenters. The molecular formula is C16H17Cl2NO2. The van der Waals surface area contributed by atoms with E-state index in [1.165, 1.54) is 0 Å². The standard InChI is InChI=1S/C16H17Cl2NO2/c1-20-15-9-11(7-8-19)5-6-14(15)21-10-12-3-2-4-13(17)16(12)18/h2-6,9H,7-8,10,19H2,1H3. The van der Waals surface area contributed by atoms with Crippen LogP contribution < -0.4 is 15.2 Å². The van der Waals surface area contributed by atoms with Crippen molar-refractivity contribution in [3.63, 3.8) is 0 Å². The van der Waals surface area contributed by atoms with E-state index in [-0.39, 0.29) is 0 Å². The summed E-state index contributed by atoms with van der Waals surface area (Å²) in [5.74, 6) is 1.34. The van der Waals surface area contributed by atoms with Crippen LogP contribution in [0.4, 0.5) is 0 Å². The molecule has 0 amide bonds. The molecule has 0 bridgehead atoms. The summed E-state index contributed by atoms with van der Waals surface area (Å²) in [5, 5.41) is 1.03. The average Bonchev–Trinajstić information content (AvgIpc) is 2.50. The highest BCUT2D eigenvalue weighted by atomic mass is 35.5. The van der Waals surface area contributed by atoms with Crippen LogP contribution in [0.15, 0.2) is 36.4 Å². The van der Waals surface area contributed by atoms with Crippen LogP contribution in [-0.4, -0.2) is 13.7 Å². The highest BCUT2D eigenvalue weighted by Gasteiger charge is 2.09. The zero-order valence-electron chi connectivity index (χ0n) is 11.7. The van der Waals surface area contributed by atoms with Gasteiger partial charge in [0.25, 0.3) is 0 Å². The number of hydrogen-bond acceptors (Lipinski definition) is 3. The molecule has 3 nitrogen and oxygen atoms in total. The lowest BCUT2D eigenvalue weighted by atomic mass is 10.1. The first-order chi connectivity index (χ1) is 10.2. The molecular weight excluding hydrogens is 309 g/mol. The predicted molar refractivity (Wildman–Crippen MR) is 86.5 cm³/mol. The zero-order chi connectivity index (χ0) is 15.2. The molecule has 0 radical (unpaired) electrons. The summed E-state index contributed by atoms with van der Waals surface area (Å²) >= 11 is 12.1. The van der Waals surface area contributed by atoms with E-state index in [4.69, 9.17) is 38.4 Å². The molecule has 112 valence electrons. The minimum Gasteiger partial charge on any atom is -0.493 e. The third-order valence-corrected chi connectivity index (χ3v) is 3.93. The van der Waals surface area contributed by atoms with Gasteiger partial charge in [-0.3, -0.25) is 0 Å². The largest absolute Gasteiger partial charge is 0.493 e. The van der Waals surface area contributed by atoms with E-state index in [0.717, 1.165) is 17.5 Å². The first kappa shape index (κ1) is 16.0. The lowest BCUT2D eigenvalue weighted by Gasteiger charge is -2.13. The Hall–Kier alpha value is -1.42. The van der Waals surface area contributed by atoms with Gasteiger partial charge in [-0.2, -0.15) is 0 Å². The smallest absolute Gasteiger partial charge is 0.161 e. The molecule has 0 spiro atoms. The van der Waals surface area contributed by atoms with Crippen LogP contribution in [0.2, 0.25) is 10.0 Å². The fraction of sp³-hybridized carbons (Fsp3) is 0.250. The van der Waals surface area contributed by atoms with Crippen LogP contribution in [0.3, 0.4) is 0 Å². The summed E-state index contributed by atoms with van der Waals surface area (Å²) in [6.45, 7) is 0.924. The van der Waals surface area contributed by atoms with E-state index in [1.54, 1.807) is 13.2 Å². The van der Waals surface area contributed by atoms with E-state index in [0.29, 0.717) is 34.7 Å². The van der Waals surface area contributed by atoms with Crippen molar-refractivity contribution < 1.29 is 9.47 Å². The number of ether oxygens (including phenoxy) is 2. The highest BCUT2D eigenvalue weighted by Crippen LogP contribution is 2.31. The van der Waals surface area contributed by atoms with E-state index in [2.05, 4.69) is 0 Å². The minimum absolute atomic E-state index is 0.325. The first-order valence-corrected chi connectivity index (χ1v) is 7.34. The van der Waals surface area contributed by atoms with Crippen molar-refractivity contribution in [2.45, 2.75) is 13.0 Å². The summed E-state index contributed by atoms with van der Waals surface area (Å²) in [6.07, 6.45) is 0.802. The van der Waals surface area contributed by atoms with Gasteiger partial charge in [-0.25, -0.2) is 0 Å². The molecule has 0 heterocycles. The van der Waals surface area contributed by atoms with Crippen molar-refractivity contribution in [2.24, 2.45) is 5.73 Å². The third kappa shape index (κ3) is 4.03. The van der Waals surface area contributed by atoms with Crippen molar-refractivity contribution in [3.8, 4) is 11.5 Å². The lowest BCUT2D eigenvalue weighted by Crippen LogP contribution is -2.03. The third-order valence-electron chi connectivity index (χ3n) is 3.08. The second kappa shape index (κ2) is 7.55. The Balaban J connectivity index is 2.14. The molecule has 0 aliphatic rings. The van der Waals surface area contributed by atoms with Crippen molar-refractivity contribution in [1.82, 2.24) is 0 Å². The summed E-state index contributed by atoms with van der Waals surface area (Å²) in [7, 11) is 1.61. The monoisotopic (exact) mass is 325 g/mol. The predicted octanol–water partition coefficient (Wildman–Crippen LogP) is 4.08. The van der Waals surface area contributed by atoms with E-state index in [9.17, 15) is 0 Å². The Bertz CT molecular complexity index is 617. The molecule has 0 atom stereocenters. The molecule has 2 rings (SSSR count). The Morgan fingerprint density at radius 3 is 2.62 bits per heavy atom. The molecule has 5 heteroatoms.